The van der Waals surface area contributed by atoms with E-state index in [-0.39, 0.29) is 10.9 Å². The van der Waals surface area contributed by atoms with E-state index < -0.39 is 18.5 Å². The SMILES string of the molecule is COc1ccc(C2CC(c3ccc4ccccc4c3)=NN2C(=O)COC(=O)c2sc3cc(OC)ccc3c2Cl)cc1. The summed E-state index contributed by atoms with van der Waals surface area (Å²) in [5.41, 5.74) is 2.60. The highest BCUT2D eigenvalue weighted by Crippen LogP contribution is 2.38. The third-order valence-electron chi connectivity index (χ3n) is 7.10. The van der Waals surface area contributed by atoms with Crippen LogP contribution in [0, 0.1) is 0 Å². The summed E-state index contributed by atoms with van der Waals surface area (Å²) in [7, 11) is 3.18. The zero-order chi connectivity index (χ0) is 28.5. The van der Waals surface area contributed by atoms with Gasteiger partial charge in [0.25, 0.3) is 5.91 Å². The number of carbonyl (C=O) groups is 2. The van der Waals surface area contributed by atoms with Crippen LogP contribution in [0.2, 0.25) is 5.02 Å². The maximum Gasteiger partial charge on any atom is 0.350 e. The number of rotatable bonds is 7. The van der Waals surface area contributed by atoms with E-state index in [4.69, 9.17) is 30.9 Å². The molecule has 4 aromatic carbocycles. The van der Waals surface area contributed by atoms with Crippen LogP contribution in [-0.4, -0.2) is 43.4 Å². The summed E-state index contributed by atoms with van der Waals surface area (Å²) in [6.45, 7) is -0.478. The number of halogens is 1. The average Bonchev–Trinajstić information content (AvgIpc) is 3.61. The van der Waals surface area contributed by atoms with Gasteiger partial charge < -0.3 is 14.2 Å². The minimum atomic E-state index is -0.664. The van der Waals surface area contributed by atoms with E-state index in [1.165, 1.54) is 16.3 Å². The number of hydrogen-bond acceptors (Lipinski definition) is 7. The van der Waals surface area contributed by atoms with E-state index in [1.807, 2.05) is 54.6 Å². The van der Waals surface area contributed by atoms with Gasteiger partial charge in [0.2, 0.25) is 0 Å². The van der Waals surface area contributed by atoms with Crippen molar-refractivity contribution < 1.29 is 23.8 Å². The highest BCUT2D eigenvalue weighted by atomic mass is 35.5. The Morgan fingerprint density at radius 2 is 1.66 bits per heavy atom. The number of ether oxygens (including phenoxy) is 3. The highest BCUT2D eigenvalue weighted by Gasteiger charge is 2.34. The molecule has 7 nitrogen and oxygen atoms in total. The fourth-order valence-corrected chi connectivity index (χ4v) is 6.36. The lowest BCUT2D eigenvalue weighted by atomic mass is 9.97. The summed E-state index contributed by atoms with van der Waals surface area (Å²) in [6.07, 6.45) is 0.508. The maximum atomic E-state index is 13.5. The van der Waals surface area contributed by atoms with Gasteiger partial charge in [-0.2, -0.15) is 5.10 Å². The van der Waals surface area contributed by atoms with Gasteiger partial charge in [0.15, 0.2) is 6.61 Å². The fraction of sp³-hybridized carbons (Fsp3) is 0.156. The first-order chi connectivity index (χ1) is 19.9. The van der Waals surface area contributed by atoms with Crippen LogP contribution in [0.3, 0.4) is 0 Å². The zero-order valence-corrected chi connectivity index (χ0v) is 23.9. The lowest BCUT2D eigenvalue weighted by Gasteiger charge is -2.22. The van der Waals surface area contributed by atoms with Crippen molar-refractivity contribution in [1.29, 1.82) is 0 Å². The zero-order valence-electron chi connectivity index (χ0n) is 22.3. The van der Waals surface area contributed by atoms with Gasteiger partial charge in [-0.05, 0) is 58.3 Å². The van der Waals surface area contributed by atoms with Gasteiger partial charge in [0, 0.05) is 16.5 Å². The molecule has 0 N–H and O–H groups in total. The van der Waals surface area contributed by atoms with Crippen LogP contribution in [0.4, 0.5) is 0 Å². The van der Waals surface area contributed by atoms with Crippen LogP contribution >= 0.6 is 22.9 Å². The van der Waals surface area contributed by atoms with Crippen molar-refractivity contribution in [2.45, 2.75) is 12.5 Å². The Morgan fingerprint density at radius 1 is 0.927 bits per heavy atom. The molecule has 1 amide bonds. The molecule has 1 unspecified atom stereocenters. The molecule has 0 bridgehead atoms. The molecule has 1 aromatic heterocycles. The van der Waals surface area contributed by atoms with Crippen LogP contribution < -0.4 is 9.47 Å². The first-order valence-corrected chi connectivity index (χ1v) is 14.1. The smallest absolute Gasteiger partial charge is 0.350 e. The quantitative estimate of drug-likeness (QED) is 0.188. The van der Waals surface area contributed by atoms with Crippen LogP contribution in [0.1, 0.15) is 33.3 Å². The van der Waals surface area contributed by atoms with E-state index >= 15 is 0 Å². The molecule has 0 saturated heterocycles. The summed E-state index contributed by atoms with van der Waals surface area (Å²) >= 11 is 7.68. The Bertz CT molecular complexity index is 1810. The first kappa shape index (κ1) is 26.8. The molecule has 1 aliphatic rings. The summed E-state index contributed by atoms with van der Waals surface area (Å²) in [4.78, 5) is 26.7. The van der Waals surface area contributed by atoms with E-state index in [2.05, 4.69) is 12.1 Å². The molecular weight excluding hydrogens is 560 g/mol. The third-order valence-corrected chi connectivity index (χ3v) is 8.74. The minimum absolute atomic E-state index is 0.233. The molecule has 206 valence electrons. The molecule has 0 radical (unpaired) electrons. The standard InChI is InChI=1S/C32H25ClN2O5S/c1-38-23-11-9-20(10-12-23)27-17-26(22-8-7-19-5-3-4-6-21(19)15-22)34-35(27)29(36)18-40-32(37)31-30(33)25-14-13-24(39-2)16-28(25)41-31/h3-16,27H,17-18H2,1-2H3. The normalized spacial score (nSPS) is 14.8. The highest BCUT2D eigenvalue weighted by molar-refractivity contribution is 7.21. The van der Waals surface area contributed by atoms with Crippen molar-refractivity contribution in [2.75, 3.05) is 20.8 Å². The molecule has 0 spiro atoms. The summed E-state index contributed by atoms with van der Waals surface area (Å²) in [5, 5.41) is 9.37. The number of hydrazone groups is 1. The number of hydrogen-bond donors (Lipinski definition) is 0. The largest absolute Gasteiger partial charge is 0.497 e. The third kappa shape index (κ3) is 5.24. The van der Waals surface area contributed by atoms with Crippen LogP contribution in [0.5, 0.6) is 11.5 Å². The monoisotopic (exact) mass is 584 g/mol. The molecule has 1 atom stereocenters. The number of methoxy groups -OCH3 is 2. The molecular formula is C32H25ClN2O5S. The second-order valence-electron chi connectivity index (χ2n) is 9.52. The van der Waals surface area contributed by atoms with E-state index in [1.54, 1.807) is 32.4 Å². The lowest BCUT2D eigenvalue weighted by Crippen LogP contribution is -2.31. The van der Waals surface area contributed by atoms with Crippen molar-refractivity contribution in [2.24, 2.45) is 5.10 Å². The van der Waals surface area contributed by atoms with Gasteiger partial charge in [-0.15, -0.1) is 11.3 Å². The van der Waals surface area contributed by atoms with Crippen molar-refractivity contribution in [3.63, 3.8) is 0 Å². The molecule has 0 aliphatic carbocycles. The van der Waals surface area contributed by atoms with Gasteiger partial charge in [0.1, 0.15) is 16.4 Å². The Hall–Kier alpha value is -4.40. The number of esters is 1. The predicted molar refractivity (Wildman–Crippen MR) is 161 cm³/mol. The molecule has 9 heteroatoms. The number of benzene rings is 4. The molecule has 1 aliphatic heterocycles. The Kier molecular flexibility index (Phi) is 7.34. The number of amides is 1. The van der Waals surface area contributed by atoms with Gasteiger partial charge in [-0.3, -0.25) is 4.79 Å². The van der Waals surface area contributed by atoms with Crippen LogP contribution in [-0.2, 0) is 9.53 Å². The molecule has 0 fully saturated rings. The number of carbonyl (C=O) groups excluding carboxylic acids is 2. The van der Waals surface area contributed by atoms with Crippen LogP contribution in [0.25, 0.3) is 20.9 Å². The van der Waals surface area contributed by atoms with Gasteiger partial charge in [0.05, 0.1) is 31.0 Å². The summed E-state index contributed by atoms with van der Waals surface area (Å²) in [6, 6.07) is 26.8. The molecule has 6 rings (SSSR count). The average molecular weight is 585 g/mol. The Labute approximate surface area is 245 Å². The molecule has 5 aromatic rings. The molecule has 2 heterocycles. The van der Waals surface area contributed by atoms with Gasteiger partial charge >= 0.3 is 5.97 Å². The number of nitrogens with zero attached hydrogens (tertiary/aromatic N) is 2. The maximum absolute atomic E-state index is 13.5. The van der Waals surface area contributed by atoms with Crippen molar-refractivity contribution in [3.05, 3.63) is 106 Å². The summed E-state index contributed by atoms with van der Waals surface area (Å²) in [5.74, 6) is 0.271. The first-order valence-electron chi connectivity index (χ1n) is 12.9. The number of fused-ring (bicyclic) bond motifs is 2. The second-order valence-corrected chi connectivity index (χ2v) is 11.0. The van der Waals surface area contributed by atoms with E-state index in [0.717, 1.165) is 37.7 Å². The molecule has 0 saturated carbocycles. The van der Waals surface area contributed by atoms with E-state index in [9.17, 15) is 9.59 Å². The minimum Gasteiger partial charge on any atom is -0.497 e. The number of thiophene rings is 1. The Balaban J connectivity index is 1.25. The van der Waals surface area contributed by atoms with E-state index in [0.29, 0.717) is 22.9 Å². The lowest BCUT2D eigenvalue weighted by molar-refractivity contribution is -0.136. The van der Waals surface area contributed by atoms with Crippen molar-refractivity contribution in [3.8, 4) is 11.5 Å². The predicted octanol–water partition coefficient (Wildman–Crippen LogP) is 7.26. The second kappa shape index (κ2) is 11.2. The van der Waals surface area contributed by atoms with Gasteiger partial charge in [-0.1, -0.05) is 60.1 Å². The van der Waals surface area contributed by atoms with Crippen LogP contribution in [0.15, 0.2) is 90.0 Å². The summed E-state index contributed by atoms with van der Waals surface area (Å²) < 4.78 is 16.8. The van der Waals surface area contributed by atoms with Crippen molar-refractivity contribution in [1.82, 2.24) is 5.01 Å². The Morgan fingerprint density at radius 3 is 2.41 bits per heavy atom. The topological polar surface area (TPSA) is 77.4 Å². The van der Waals surface area contributed by atoms with Crippen molar-refractivity contribution >= 4 is 61.4 Å². The fourth-order valence-electron chi connectivity index (χ4n) is 4.93. The van der Waals surface area contributed by atoms with Gasteiger partial charge in [-0.25, -0.2) is 9.80 Å². The molecule has 41 heavy (non-hydrogen) atoms.